The van der Waals surface area contributed by atoms with Gasteiger partial charge in [0.15, 0.2) is 0 Å². The van der Waals surface area contributed by atoms with Gasteiger partial charge in [0.05, 0.1) is 0 Å². The maximum absolute atomic E-state index is 8.55. The molecule has 32 heavy (non-hydrogen) atoms. The summed E-state index contributed by atoms with van der Waals surface area (Å²) in [5.41, 5.74) is 0. The predicted molar refractivity (Wildman–Crippen MR) is 30.4 cm³/mol. The molecule has 0 aromatic carbocycles. The zero-order valence-corrected chi connectivity index (χ0v) is 61.4. The molecule has 0 saturated carbocycles. The molecule has 0 amide bonds. The van der Waals surface area contributed by atoms with Crippen LogP contribution in [0.15, 0.2) is 0 Å². The average molecular weight is 849 g/mol. The zero-order valence-electron chi connectivity index (χ0n) is 20.3. The Morgan fingerprint density at radius 3 is 0.219 bits per heavy atom. The fraction of sp³-hybridized carbons (Fsp3) is 0. The summed E-state index contributed by atoms with van der Waals surface area (Å²) in [6, 6.07) is 0. The predicted octanol–water partition coefficient (Wildman–Crippen LogP) is -47.3. The van der Waals surface area contributed by atoms with Crippen molar-refractivity contribution in [2.24, 2.45) is 0 Å². The molecule has 0 spiro atoms. The molecule has 0 aromatic heterocycles. The first-order valence-corrected chi connectivity index (χ1v) is 8.76. The van der Waals surface area contributed by atoms with E-state index in [4.69, 9.17) is 77.0 Å². The molecule has 0 saturated heterocycles. The smallest absolute Gasteiger partial charge is 0.822 e. The number of hydrogen-bond donors (Lipinski definition) is 0. The van der Waals surface area contributed by atoms with E-state index in [1.807, 2.05) is 0 Å². The van der Waals surface area contributed by atoms with E-state index in [0.717, 1.165) is 0 Å². The molecular formula is K12O16P4. The third kappa shape index (κ3) is 299. The van der Waals surface area contributed by atoms with Crippen LogP contribution in [0.4, 0.5) is 0 Å². The second-order valence-electron chi connectivity index (χ2n) is 1.79. The molecule has 0 aliphatic rings. The van der Waals surface area contributed by atoms with Crippen LogP contribution in [0, 0.1) is 0 Å². The van der Waals surface area contributed by atoms with Crippen molar-refractivity contribution in [3.63, 3.8) is 0 Å². The summed E-state index contributed by atoms with van der Waals surface area (Å²) < 4.78 is 34.2. The van der Waals surface area contributed by atoms with E-state index >= 15 is 0 Å². The first-order valence-electron chi connectivity index (χ1n) is 2.92. The van der Waals surface area contributed by atoms with Crippen molar-refractivity contribution in [1.82, 2.24) is 0 Å². The van der Waals surface area contributed by atoms with E-state index in [1.54, 1.807) is 0 Å². The maximum atomic E-state index is 8.55. The van der Waals surface area contributed by atoms with Crippen molar-refractivity contribution in [1.29, 1.82) is 0 Å². The topological polar surface area (TPSA) is 345 Å². The SMILES string of the molecule is O=P([O-])([O-])[O-].O=P([O-])([O-])[O-].O=P([O-])([O-])[O-].O=P([O-])([O-])[O-].[K+].[K+].[K+].[K+].[K+].[K+].[K+].[K+].[K+].[K+].[K+].[K+]. The van der Waals surface area contributed by atoms with Crippen LogP contribution in [-0.2, 0) is 18.3 Å². The van der Waals surface area contributed by atoms with Gasteiger partial charge in [-0.05, 0) is 0 Å². The van der Waals surface area contributed by atoms with Crippen LogP contribution in [-0.4, -0.2) is 0 Å². The molecule has 0 atom stereocenters. The summed E-state index contributed by atoms with van der Waals surface area (Å²) in [6.45, 7) is 0. The first kappa shape index (κ1) is 104. The van der Waals surface area contributed by atoms with Crippen molar-refractivity contribution in [2.75, 3.05) is 0 Å². The van der Waals surface area contributed by atoms with Gasteiger partial charge in [-0.2, -0.15) is 31.3 Å². The van der Waals surface area contributed by atoms with Gasteiger partial charge in [0.2, 0.25) is 0 Å². The molecule has 0 heterocycles. The van der Waals surface area contributed by atoms with Crippen molar-refractivity contribution in [3.8, 4) is 0 Å². The Labute approximate surface area is 696 Å². The van der Waals surface area contributed by atoms with Crippen LogP contribution in [0.5, 0.6) is 0 Å². The van der Waals surface area contributed by atoms with E-state index in [9.17, 15) is 0 Å². The number of phosphoric acid groups is 4. The van der Waals surface area contributed by atoms with Gasteiger partial charge in [0.1, 0.15) is 0 Å². The van der Waals surface area contributed by atoms with Gasteiger partial charge in [0, 0.05) is 0 Å². The van der Waals surface area contributed by atoms with E-state index in [1.165, 1.54) is 0 Å². The summed E-state index contributed by atoms with van der Waals surface area (Å²) in [5, 5.41) is 0. The Hall–Kier alpha value is 20.1. The summed E-state index contributed by atoms with van der Waals surface area (Å²) in [7, 11) is -21.6. The summed E-state index contributed by atoms with van der Waals surface area (Å²) in [4.78, 5) is 103. The molecule has 0 unspecified atom stereocenters. The number of hydrogen-bond acceptors (Lipinski definition) is 16. The molecule has 16 nitrogen and oxygen atoms in total. The van der Waals surface area contributed by atoms with Gasteiger partial charge in [-0.25, -0.2) is 0 Å². The largest absolute Gasteiger partial charge is 1.00 e. The molecule has 0 N–H and O–H groups in total. The van der Waals surface area contributed by atoms with E-state index in [2.05, 4.69) is 0 Å². The third-order valence-corrected chi connectivity index (χ3v) is 0. The van der Waals surface area contributed by atoms with Gasteiger partial charge in [-0.15, -0.1) is 0 Å². The fourth-order valence-corrected chi connectivity index (χ4v) is 0. The molecule has 0 radical (unpaired) electrons. The molecule has 32 heteroatoms. The number of rotatable bonds is 0. The minimum absolute atomic E-state index is 0. The van der Waals surface area contributed by atoms with E-state index < -0.39 is 31.3 Å². The quantitative estimate of drug-likeness (QED) is 0.161. The second kappa shape index (κ2) is 65.9. The standard InChI is InChI=1S/12K.4H3O4P/c;;;;;;;;;;;;4*1-5(2,3)4/h;;;;;;;;;;;;4*(H3,1,2,3,4)/q12*+1;;;;/p-12. The van der Waals surface area contributed by atoms with Crippen LogP contribution in [0.3, 0.4) is 0 Å². The first-order chi connectivity index (χ1) is 8.00. The summed E-state index contributed by atoms with van der Waals surface area (Å²) >= 11 is 0. The van der Waals surface area contributed by atoms with Gasteiger partial charge in [0.25, 0.3) is 0 Å². The molecule has 128 valence electrons. The van der Waals surface area contributed by atoms with Crippen molar-refractivity contribution < 1.29 is 694 Å². The van der Waals surface area contributed by atoms with Gasteiger partial charge >= 0.3 is 617 Å². The summed E-state index contributed by atoms with van der Waals surface area (Å²) in [6.07, 6.45) is 0. The Morgan fingerprint density at radius 2 is 0.219 bits per heavy atom. The fourth-order valence-electron chi connectivity index (χ4n) is 0. The molecule has 0 rings (SSSR count). The monoisotopic (exact) mass is 847 g/mol. The molecule has 0 aromatic rings. The minimum Gasteiger partial charge on any atom is -0.822 e. The molecule has 0 fully saturated rings. The average Bonchev–Trinajstić information content (AvgIpc) is 1.62. The van der Waals surface area contributed by atoms with Crippen molar-refractivity contribution in [3.05, 3.63) is 0 Å². The molecule has 0 aliphatic heterocycles. The van der Waals surface area contributed by atoms with E-state index in [0.29, 0.717) is 0 Å². The van der Waals surface area contributed by atoms with Crippen LogP contribution < -0.4 is 675 Å². The Kier molecular flexibility index (Phi) is 215. The normalized spacial score (nSPS) is 7.38. The Bertz CT molecular complexity index is 310. The second-order valence-corrected chi connectivity index (χ2v) is 5.37. The maximum Gasteiger partial charge on any atom is 1.00 e. The van der Waals surface area contributed by atoms with Gasteiger partial charge in [-0.1, -0.05) is 0 Å². The van der Waals surface area contributed by atoms with Crippen molar-refractivity contribution >= 4 is 31.3 Å². The van der Waals surface area contributed by atoms with Gasteiger partial charge < -0.3 is 77.0 Å². The van der Waals surface area contributed by atoms with Crippen LogP contribution in [0.25, 0.3) is 0 Å². The zero-order chi connectivity index (χ0) is 18.0. The molecule has 0 aliphatic carbocycles. The van der Waals surface area contributed by atoms with Crippen LogP contribution in [0.2, 0.25) is 0 Å². The van der Waals surface area contributed by atoms with Crippen LogP contribution in [0.1, 0.15) is 0 Å². The van der Waals surface area contributed by atoms with Crippen LogP contribution >= 0.6 is 31.3 Å². The Morgan fingerprint density at radius 1 is 0.219 bits per heavy atom. The minimum atomic E-state index is -5.39. The summed E-state index contributed by atoms with van der Waals surface area (Å²) in [5.74, 6) is 0. The van der Waals surface area contributed by atoms with Gasteiger partial charge in [-0.3, -0.25) is 0 Å². The molecule has 0 bridgehead atoms. The Balaban J connectivity index is -0.00000000677. The third-order valence-electron chi connectivity index (χ3n) is 0. The van der Waals surface area contributed by atoms with E-state index in [-0.39, 0.29) is 617 Å². The van der Waals surface area contributed by atoms with Crippen molar-refractivity contribution in [2.45, 2.75) is 0 Å². The molecular weight excluding hydrogens is 849 g/mol.